The number of nitrogens with two attached hydrogens (primary N) is 1. The number of rotatable bonds is 3. The molecule has 0 aromatic rings. The topological polar surface area (TPSA) is 50.4 Å². The lowest BCUT2D eigenvalue weighted by molar-refractivity contribution is 0.385. The fourth-order valence-electron chi connectivity index (χ4n) is 0.994. The summed E-state index contributed by atoms with van der Waals surface area (Å²) in [7, 11) is 0. The third-order valence-electron chi connectivity index (χ3n) is 2.07. The maximum absolute atomic E-state index is 5.68. The zero-order valence-electron chi connectivity index (χ0n) is 8.93. The number of nitrogens with zero attached hydrogens (tertiary/aromatic N) is 1. The molecule has 0 aliphatic heterocycles. The first-order valence-corrected chi connectivity index (χ1v) is 5.04. The van der Waals surface area contributed by atoms with E-state index in [4.69, 9.17) is 5.73 Å². The Hall–Kier alpha value is -0.730. The van der Waals surface area contributed by atoms with Gasteiger partial charge in [0.25, 0.3) is 0 Å². The molecule has 1 rings (SSSR count). The van der Waals surface area contributed by atoms with E-state index in [1.54, 1.807) is 0 Å². The normalized spacial score (nSPS) is 18.8. The van der Waals surface area contributed by atoms with Gasteiger partial charge in [-0.3, -0.25) is 4.99 Å². The van der Waals surface area contributed by atoms with Gasteiger partial charge >= 0.3 is 0 Å². The minimum absolute atomic E-state index is 0.351. The Morgan fingerprint density at radius 3 is 2.54 bits per heavy atom. The molecule has 76 valence electrons. The van der Waals surface area contributed by atoms with E-state index in [1.165, 1.54) is 12.8 Å². The lowest BCUT2D eigenvalue weighted by Crippen LogP contribution is -2.33. The number of aliphatic imine (C=N–C) groups is 1. The van der Waals surface area contributed by atoms with Crippen molar-refractivity contribution in [3.8, 4) is 0 Å². The number of guanidine groups is 1. The molecule has 0 bridgehead atoms. The smallest absolute Gasteiger partial charge is 0.188 e. The van der Waals surface area contributed by atoms with Crippen LogP contribution >= 0.6 is 0 Å². The van der Waals surface area contributed by atoms with Crippen molar-refractivity contribution < 1.29 is 0 Å². The predicted octanol–water partition coefficient (Wildman–Crippen LogP) is 1.49. The monoisotopic (exact) mass is 183 g/mol. The van der Waals surface area contributed by atoms with Crippen molar-refractivity contribution in [2.75, 3.05) is 6.54 Å². The number of hydrogen-bond acceptors (Lipinski definition) is 1. The minimum Gasteiger partial charge on any atom is -0.370 e. The molecule has 0 amide bonds. The second-order valence-corrected chi connectivity index (χ2v) is 5.00. The molecule has 0 aromatic carbocycles. The molecule has 3 heteroatoms. The minimum atomic E-state index is 0.351. The van der Waals surface area contributed by atoms with E-state index in [2.05, 4.69) is 31.1 Å². The van der Waals surface area contributed by atoms with Crippen LogP contribution in [0.25, 0.3) is 0 Å². The van der Waals surface area contributed by atoms with Gasteiger partial charge in [-0.05, 0) is 24.7 Å². The first kappa shape index (κ1) is 10.4. The first-order valence-electron chi connectivity index (χ1n) is 5.04. The van der Waals surface area contributed by atoms with E-state index in [-0.39, 0.29) is 0 Å². The highest BCUT2D eigenvalue weighted by atomic mass is 15.1. The third kappa shape index (κ3) is 5.50. The van der Waals surface area contributed by atoms with Crippen LogP contribution in [-0.2, 0) is 0 Å². The highest BCUT2D eigenvalue weighted by Gasteiger charge is 2.21. The molecule has 3 N–H and O–H groups in total. The van der Waals surface area contributed by atoms with Crippen LogP contribution in [0.2, 0.25) is 0 Å². The van der Waals surface area contributed by atoms with E-state index < -0.39 is 0 Å². The van der Waals surface area contributed by atoms with Crippen LogP contribution in [0.15, 0.2) is 4.99 Å². The summed E-state index contributed by atoms with van der Waals surface area (Å²) in [6.45, 7) is 7.47. The second-order valence-electron chi connectivity index (χ2n) is 5.00. The summed E-state index contributed by atoms with van der Waals surface area (Å²) in [6, 6.07) is 0.610. The van der Waals surface area contributed by atoms with Gasteiger partial charge < -0.3 is 11.1 Å². The maximum atomic E-state index is 5.68. The van der Waals surface area contributed by atoms with Gasteiger partial charge in [0.1, 0.15) is 0 Å². The lowest BCUT2D eigenvalue weighted by atomic mass is 9.93. The second kappa shape index (κ2) is 3.99. The third-order valence-corrected chi connectivity index (χ3v) is 2.07. The van der Waals surface area contributed by atoms with Crippen LogP contribution in [-0.4, -0.2) is 18.5 Å². The van der Waals surface area contributed by atoms with E-state index in [9.17, 15) is 0 Å². The summed E-state index contributed by atoms with van der Waals surface area (Å²) in [6.07, 6.45) is 3.57. The van der Waals surface area contributed by atoms with Gasteiger partial charge in [0, 0.05) is 12.6 Å². The predicted molar refractivity (Wildman–Crippen MR) is 56.7 cm³/mol. The van der Waals surface area contributed by atoms with Crippen molar-refractivity contribution in [2.24, 2.45) is 16.1 Å². The zero-order valence-corrected chi connectivity index (χ0v) is 8.93. The van der Waals surface area contributed by atoms with Crippen LogP contribution in [0.4, 0.5) is 0 Å². The Balaban J connectivity index is 2.14. The summed E-state index contributed by atoms with van der Waals surface area (Å²) < 4.78 is 0. The highest BCUT2D eigenvalue weighted by molar-refractivity contribution is 5.78. The molecule has 1 saturated carbocycles. The molecule has 1 fully saturated rings. The van der Waals surface area contributed by atoms with E-state index >= 15 is 0 Å². The molecule has 13 heavy (non-hydrogen) atoms. The average molecular weight is 183 g/mol. The molecule has 0 saturated heterocycles. The van der Waals surface area contributed by atoms with Crippen LogP contribution in [0.1, 0.15) is 40.0 Å². The zero-order chi connectivity index (χ0) is 9.90. The Bertz CT molecular complexity index is 187. The highest BCUT2D eigenvalue weighted by Crippen LogP contribution is 2.19. The van der Waals surface area contributed by atoms with Crippen molar-refractivity contribution in [3.05, 3.63) is 0 Å². The molecule has 3 nitrogen and oxygen atoms in total. The van der Waals surface area contributed by atoms with Gasteiger partial charge in [0.05, 0.1) is 0 Å². The van der Waals surface area contributed by atoms with Gasteiger partial charge in [-0.15, -0.1) is 0 Å². The van der Waals surface area contributed by atoms with E-state index in [0.717, 1.165) is 13.0 Å². The molecule has 0 radical (unpaired) electrons. The summed E-state index contributed by atoms with van der Waals surface area (Å²) >= 11 is 0. The summed E-state index contributed by atoms with van der Waals surface area (Å²) in [5.74, 6) is 0.617. The Morgan fingerprint density at radius 2 is 2.08 bits per heavy atom. The molecule has 1 aliphatic rings. The molecule has 0 unspecified atom stereocenters. The molecule has 0 aromatic heterocycles. The van der Waals surface area contributed by atoms with Crippen molar-refractivity contribution in [2.45, 2.75) is 46.1 Å². The molecular weight excluding hydrogens is 162 g/mol. The first-order chi connectivity index (χ1) is 5.97. The van der Waals surface area contributed by atoms with Gasteiger partial charge in [-0.1, -0.05) is 20.8 Å². The molecular formula is C10H21N3. The summed E-state index contributed by atoms with van der Waals surface area (Å²) in [4.78, 5) is 4.27. The van der Waals surface area contributed by atoms with Gasteiger partial charge in [0.15, 0.2) is 5.96 Å². The van der Waals surface area contributed by atoms with Crippen LogP contribution in [0, 0.1) is 5.41 Å². The standard InChI is InChI=1S/C10H21N3/c1-10(2,3)6-7-12-9(11)13-8-4-5-8/h8H,4-7H2,1-3H3,(H3,11,12,13). The van der Waals surface area contributed by atoms with Crippen molar-refractivity contribution in [3.63, 3.8) is 0 Å². The van der Waals surface area contributed by atoms with Crippen molar-refractivity contribution in [1.82, 2.24) is 5.32 Å². The largest absolute Gasteiger partial charge is 0.370 e. The maximum Gasteiger partial charge on any atom is 0.188 e. The van der Waals surface area contributed by atoms with Crippen LogP contribution in [0.5, 0.6) is 0 Å². The summed E-state index contributed by atoms with van der Waals surface area (Å²) in [5.41, 5.74) is 6.03. The quantitative estimate of drug-likeness (QED) is 0.514. The molecule has 0 atom stereocenters. The van der Waals surface area contributed by atoms with E-state index in [0.29, 0.717) is 17.4 Å². The molecule has 0 spiro atoms. The van der Waals surface area contributed by atoms with E-state index in [1.807, 2.05) is 0 Å². The van der Waals surface area contributed by atoms with Gasteiger partial charge in [-0.2, -0.15) is 0 Å². The lowest BCUT2D eigenvalue weighted by Gasteiger charge is -2.16. The van der Waals surface area contributed by atoms with Gasteiger partial charge in [0.2, 0.25) is 0 Å². The molecule has 0 heterocycles. The van der Waals surface area contributed by atoms with Crippen LogP contribution in [0.3, 0.4) is 0 Å². The summed E-state index contributed by atoms with van der Waals surface area (Å²) in [5, 5.41) is 3.17. The number of nitrogens with one attached hydrogen (secondary N) is 1. The van der Waals surface area contributed by atoms with Crippen LogP contribution < -0.4 is 11.1 Å². The molecule has 1 aliphatic carbocycles. The Kier molecular flexibility index (Phi) is 3.17. The SMILES string of the molecule is CC(C)(C)CCN=C(N)NC1CC1. The Labute approximate surface area is 80.8 Å². The fourth-order valence-corrected chi connectivity index (χ4v) is 0.994. The average Bonchev–Trinajstić information content (AvgIpc) is 2.68. The van der Waals surface area contributed by atoms with Gasteiger partial charge in [-0.25, -0.2) is 0 Å². The van der Waals surface area contributed by atoms with Crippen molar-refractivity contribution in [1.29, 1.82) is 0 Å². The van der Waals surface area contributed by atoms with Crippen molar-refractivity contribution >= 4 is 5.96 Å². The number of hydrogen-bond donors (Lipinski definition) is 2. The fraction of sp³-hybridized carbons (Fsp3) is 0.900. The Morgan fingerprint density at radius 1 is 1.46 bits per heavy atom.